The molecule has 1 heterocycles. The molecule has 0 saturated heterocycles. The Morgan fingerprint density at radius 2 is 2.11 bits per heavy atom. The lowest BCUT2D eigenvalue weighted by Crippen LogP contribution is -2.22. The number of rotatable bonds is 4. The monoisotopic (exact) mass is 435 g/mol. The second kappa shape index (κ2) is 6.68. The SMILES string of the molecule is O=C(NCc1cccc(CBr)c1)c1csc(I)c1. The summed E-state index contributed by atoms with van der Waals surface area (Å²) in [5, 5.41) is 5.64. The largest absolute Gasteiger partial charge is 0.348 e. The average molecular weight is 436 g/mol. The van der Waals surface area contributed by atoms with E-state index in [1.807, 2.05) is 23.6 Å². The van der Waals surface area contributed by atoms with Crippen molar-refractivity contribution in [3.63, 3.8) is 0 Å². The minimum absolute atomic E-state index is 0.0154. The molecule has 5 heteroatoms. The average Bonchev–Trinajstić information content (AvgIpc) is 2.83. The summed E-state index contributed by atoms with van der Waals surface area (Å²) < 4.78 is 1.12. The molecule has 0 aliphatic heterocycles. The van der Waals surface area contributed by atoms with Crippen molar-refractivity contribution in [1.82, 2.24) is 5.32 Å². The van der Waals surface area contributed by atoms with Gasteiger partial charge in [0.25, 0.3) is 5.91 Å². The molecule has 2 aromatic rings. The van der Waals surface area contributed by atoms with Gasteiger partial charge in [0.15, 0.2) is 0 Å². The van der Waals surface area contributed by atoms with Crippen molar-refractivity contribution in [1.29, 1.82) is 0 Å². The Morgan fingerprint density at radius 3 is 2.78 bits per heavy atom. The van der Waals surface area contributed by atoms with Gasteiger partial charge in [-0.05, 0) is 39.8 Å². The quantitative estimate of drug-likeness (QED) is 0.566. The first-order valence-electron chi connectivity index (χ1n) is 5.35. The van der Waals surface area contributed by atoms with E-state index in [1.165, 1.54) is 5.56 Å². The zero-order chi connectivity index (χ0) is 13.0. The van der Waals surface area contributed by atoms with E-state index in [1.54, 1.807) is 11.3 Å². The van der Waals surface area contributed by atoms with E-state index in [0.29, 0.717) is 6.54 Å². The van der Waals surface area contributed by atoms with Crippen LogP contribution in [0.3, 0.4) is 0 Å². The summed E-state index contributed by atoms with van der Waals surface area (Å²) in [6.07, 6.45) is 0. The number of benzene rings is 1. The fourth-order valence-electron chi connectivity index (χ4n) is 1.54. The van der Waals surface area contributed by atoms with Crippen molar-refractivity contribution in [2.75, 3.05) is 0 Å². The molecule has 0 spiro atoms. The molecule has 0 aliphatic rings. The third-order valence-corrected chi connectivity index (χ3v) is 4.86. The van der Waals surface area contributed by atoms with Crippen LogP contribution in [0.1, 0.15) is 21.5 Å². The van der Waals surface area contributed by atoms with Gasteiger partial charge in [-0.15, -0.1) is 11.3 Å². The second-order valence-electron chi connectivity index (χ2n) is 3.78. The number of alkyl halides is 1. The summed E-state index contributed by atoms with van der Waals surface area (Å²) >= 11 is 7.22. The maximum atomic E-state index is 11.9. The van der Waals surface area contributed by atoms with Gasteiger partial charge in [0.05, 0.1) is 8.45 Å². The Labute approximate surface area is 132 Å². The van der Waals surface area contributed by atoms with Crippen LogP contribution in [0.5, 0.6) is 0 Å². The number of nitrogens with one attached hydrogen (secondary N) is 1. The first-order valence-corrected chi connectivity index (χ1v) is 8.43. The van der Waals surface area contributed by atoms with E-state index < -0.39 is 0 Å². The van der Waals surface area contributed by atoms with Crippen LogP contribution in [0.25, 0.3) is 0 Å². The molecular weight excluding hydrogens is 425 g/mol. The normalized spacial score (nSPS) is 10.3. The van der Waals surface area contributed by atoms with Crippen LogP contribution in [0.15, 0.2) is 35.7 Å². The molecule has 1 amide bonds. The smallest absolute Gasteiger partial charge is 0.252 e. The van der Waals surface area contributed by atoms with Crippen LogP contribution in [0.2, 0.25) is 0 Å². The van der Waals surface area contributed by atoms with Gasteiger partial charge < -0.3 is 5.32 Å². The van der Waals surface area contributed by atoms with Crippen molar-refractivity contribution in [2.24, 2.45) is 0 Å². The molecule has 1 N–H and O–H groups in total. The molecule has 0 bridgehead atoms. The third kappa shape index (κ3) is 3.80. The van der Waals surface area contributed by atoms with Crippen molar-refractivity contribution in [3.05, 3.63) is 55.3 Å². The van der Waals surface area contributed by atoms with Crippen LogP contribution in [0.4, 0.5) is 0 Å². The molecule has 2 rings (SSSR count). The Kier molecular flexibility index (Phi) is 5.20. The maximum Gasteiger partial charge on any atom is 0.252 e. The molecule has 0 unspecified atom stereocenters. The van der Waals surface area contributed by atoms with Gasteiger partial charge in [-0.3, -0.25) is 4.79 Å². The van der Waals surface area contributed by atoms with Gasteiger partial charge in [0.1, 0.15) is 0 Å². The summed E-state index contributed by atoms with van der Waals surface area (Å²) in [4.78, 5) is 11.9. The summed E-state index contributed by atoms with van der Waals surface area (Å²) in [5.41, 5.74) is 3.07. The third-order valence-electron chi connectivity index (χ3n) is 2.43. The van der Waals surface area contributed by atoms with Crippen molar-refractivity contribution < 1.29 is 4.79 Å². The van der Waals surface area contributed by atoms with E-state index in [0.717, 1.165) is 19.3 Å². The topological polar surface area (TPSA) is 29.1 Å². The Morgan fingerprint density at radius 1 is 1.33 bits per heavy atom. The predicted octanol–water partition coefficient (Wildman–Crippen LogP) is 4.18. The van der Waals surface area contributed by atoms with E-state index in [9.17, 15) is 4.79 Å². The lowest BCUT2D eigenvalue weighted by Gasteiger charge is -2.05. The van der Waals surface area contributed by atoms with Crippen LogP contribution in [0, 0.1) is 2.88 Å². The number of carbonyl (C=O) groups is 1. The zero-order valence-electron chi connectivity index (χ0n) is 9.45. The molecule has 0 saturated carbocycles. The summed E-state index contributed by atoms with van der Waals surface area (Å²) in [5.74, 6) is -0.0154. The van der Waals surface area contributed by atoms with Gasteiger partial charge in [-0.25, -0.2) is 0 Å². The first-order chi connectivity index (χ1) is 8.69. The molecular formula is C13H11BrINOS. The van der Waals surface area contributed by atoms with Gasteiger partial charge in [-0.2, -0.15) is 0 Å². The summed E-state index contributed by atoms with van der Waals surface area (Å²) in [7, 11) is 0. The predicted molar refractivity (Wildman–Crippen MR) is 87.3 cm³/mol. The maximum absolute atomic E-state index is 11.9. The van der Waals surface area contributed by atoms with Gasteiger partial charge in [-0.1, -0.05) is 40.2 Å². The van der Waals surface area contributed by atoms with E-state index in [2.05, 4.69) is 56.0 Å². The highest BCUT2D eigenvalue weighted by atomic mass is 127. The zero-order valence-corrected chi connectivity index (χ0v) is 14.0. The van der Waals surface area contributed by atoms with Crippen molar-refractivity contribution in [2.45, 2.75) is 11.9 Å². The highest BCUT2D eigenvalue weighted by molar-refractivity contribution is 14.1. The van der Waals surface area contributed by atoms with Crippen molar-refractivity contribution >= 4 is 55.8 Å². The highest BCUT2D eigenvalue weighted by Crippen LogP contribution is 2.16. The van der Waals surface area contributed by atoms with Crippen LogP contribution >= 0.6 is 49.9 Å². The standard InChI is InChI=1S/C13H11BrINOS/c14-6-9-2-1-3-10(4-9)7-16-13(17)11-5-12(15)18-8-11/h1-5,8H,6-7H2,(H,16,17). The molecule has 0 aliphatic carbocycles. The Hall–Kier alpha value is -0.400. The van der Waals surface area contributed by atoms with Gasteiger partial charge in [0.2, 0.25) is 0 Å². The van der Waals surface area contributed by atoms with E-state index in [4.69, 9.17) is 0 Å². The lowest BCUT2D eigenvalue weighted by molar-refractivity contribution is 0.0951. The molecule has 94 valence electrons. The van der Waals surface area contributed by atoms with Crippen LogP contribution in [-0.2, 0) is 11.9 Å². The molecule has 1 aromatic heterocycles. The lowest BCUT2D eigenvalue weighted by atomic mass is 10.1. The van der Waals surface area contributed by atoms with Crippen LogP contribution < -0.4 is 5.32 Å². The minimum Gasteiger partial charge on any atom is -0.348 e. The highest BCUT2D eigenvalue weighted by Gasteiger charge is 2.07. The molecule has 0 radical (unpaired) electrons. The first kappa shape index (κ1) is 14.0. The number of halogens is 2. The number of hydrogen-bond acceptors (Lipinski definition) is 2. The Bertz CT molecular complexity index is 555. The number of hydrogen-bond donors (Lipinski definition) is 1. The summed E-state index contributed by atoms with van der Waals surface area (Å²) in [6.45, 7) is 0.562. The molecule has 2 nitrogen and oxygen atoms in total. The number of thiophene rings is 1. The fourth-order valence-corrected chi connectivity index (χ4v) is 3.21. The molecule has 0 atom stereocenters. The van der Waals surface area contributed by atoms with Gasteiger partial charge >= 0.3 is 0 Å². The van der Waals surface area contributed by atoms with Crippen LogP contribution in [-0.4, -0.2) is 5.91 Å². The number of amides is 1. The number of carbonyl (C=O) groups excluding carboxylic acids is 1. The Balaban J connectivity index is 1.97. The molecule has 1 aromatic carbocycles. The fraction of sp³-hybridized carbons (Fsp3) is 0.154. The molecule has 18 heavy (non-hydrogen) atoms. The molecule has 0 fully saturated rings. The van der Waals surface area contributed by atoms with Gasteiger partial charge in [0, 0.05) is 17.3 Å². The van der Waals surface area contributed by atoms with E-state index >= 15 is 0 Å². The van der Waals surface area contributed by atoms with Crippen molar-refractivity contribution in [3.8, 4) is 0 Å². The second-order valence-corrected chi connectivity index (χ2v) is 7.14. The van der Waals surface area contributed by atoms with E-state index in [-0.39, 0.29) is 5.91 Å². The minimum atomic E-state index is -0.0154. The summed E-state index contributed by atoms with van der Waals surface area (Å²) in [6, 6.07) is 10.1.